The molecule has 1 aliphatic heterocycles. The smallest absolute Gasteiger partial charge is 0.207 e. The van der Waals surface area contributed by atoms with Gasteiger partial charge in [-0.1, -0.05) is 0 Å². The molecule has 0 bridgehead atoms. The van der Waals surface area contributed by atoms with Crippen LogP contribution in [0.5, 0.6) is 0 Å². The van der Waals surface area contributed by atoms with E-state index in [4.69, 9.17) is 10.5 Å². The van der Waals surface area contributed by atoms with Crippen molar-refractivity contribution in [1.82, 2.24) is 19.5 Å². The topological polar surface area (TPSA) is 152 Å². The molecule has 6 N–H and O–H groups in total. The van der Waals surface area contributed by atoms with Gasteiger partial charge < -0.3 is 31.1 Å². The standard InChI is InChI=1S/C11H15IN6O4/c1-14-11-15-4-7(13)16-10(12)17-8(4)18(11)9-6(21)5(20)3(2-19)22-9/h3,5-6,9,19-21H,2H2,1H3,(H,14,15)(H2,13,16,17)/t3-,5-,6-,9-/m1/s1. The summed E-state index contributed by atoms with van der Waals surface area (Å²) in [6.07, 6.45) is -4.30. The number of ether oxygens (including phenoxy) is 1. The van der Waals surface area contributed by atoms with Crippen molar-refractivity contribution in [3.8, 4) is 0 Å². The first-order chi connectivity index (χ1) is 10.5. The van der Waals surface area contributed by atoms with Crippen LogP contribution in [0.4, 0.5) is 11.8 Å². The van der Waals surface area contributed by atoms with E-state index in [9.17, 15) is 15.3 Å². The lowest BCUT2D eigenvalue weighted by atomic mass is 10.1. The molecule has 1 saturated heterocycles. The van der Waals surface area contributed by atoms with Crippen LogP contribution in [0.15, 0.2) is 0 Å². The molecule has 11 heteroatoms. The van der Waals surface area contributed by atoms with E-state index in [1.54, 1.807) is 7.05 Å². The first-order valence-corrected chi connectivity index (χ1v) is 7.57. The quantitative estimate of drug-likeness (QED) is 0.299. The molecular weight excluding hydrogens is 407 g/mol. The van der Waals surface area contributed by atoms with Crippen LogP contribution in [0.1, 0.15) is 6.23 Å². The Kier molecular flexibility index (Phi) is 4.07. The van der Waals surface area contributed by atoms with Crippen LogP contribution >= 0.6 is 22.6 Å². The Hall–Kier alpha value is -1.28. The molecule has 1 fully saturated rings. The average molecular weight is 422 g/mol. The van der Waals surface area contributed by atoms with E-state index in [2.05, 4.69) is 20.3 Å². The number of anilines is 2. The van der Waals surface area contributed by atoms with Crippen LogP contribution in [0.2, 0.25) is 0 Å². The SMILES string of the molecule is CNc1nc2c(N)nc(I)nc2n1[C@@H]1O[C@H](CO)[C@@H](O)[C@H]1O. The molecule has 22 heavy (non-hydrogen) atoms. The van der Waals surface area contributed by atoms with E-state index in [-0.39, 0.29) is 5.82 Å². The number of rotatable bonds is 3. The van der Waals surface area contributed by atoms with Gasteiger partial charge in [-0.3, -0.25) is 4.57 Å². The van der Waals surface area contributed by atoms with Crippen molar-refractivity contribution in [3.05, 3.63) is 3.83 Å². The van der Waals surface area contributed by atoms with Crippen molar-refractivity contribution in [2.45, 2.75) is 24.5 Å². The summed E-state index contributed by atoms with van der Waals surface area (Å²) < 4.78 is 7.45. The summed E-state index contributed by atoms with van der Waals surface area (Å²) in [5, 5.41) is 32.2. The number of aliphatic hydroxyl groups is 3. The van der Waals surface area contributed by atoms with Gasteiger partial charge in [0.2, 0.25) is 5.95 Å². The molecule has 2 aromatic heterocycles. The van der Waals surface area contributed by atoms with Crippen LogP contribution < -0.4 is 11.1 Å². The average Bonchev–Trinajstić information content (AvgIpc) is 2.98. The lowest BCUT2D eigenvalue weighted by molar-refractivity contribution is -0.0501. The van der Waals surface area contributed by atoms with Gasteiger partial charge in [0.1, 0.15) is 18.3 Å². The summed E-state index contributed by atoms with van der Waals surface area (Å²) in [4.78, 5) is 12.6. The van der Waals surface area contributed by atoms with E-state index in [1.807, 2.05) is 22.6 Å². The normalized spacial score (nSPS) is 28.4. The molecule has 0 amide bonds. The number of halogens is 1. The Labute approximate surface area is 138 Å². The van der Waals surface area contributed by atoms with Gasteiger partial charge in [-0.15, -0.1) is 0 Å². The Morgan fingerprint density at radius 1 is 1.32 bits per heavy atom. The van der Waals surface area contributed by atoms with Crippen molar-refractivity contribution >= 4 is 45.5 Å². The van der Waals surface area contributed by atoms with Crippen molar-refractivity contribution in [2.24, 2.45) is 0 Å². The zero-order valence-corrected chi connectivity index (χ0v) is 13.7. The number of imidazole rings is 1. The van der Waals surface area contributed by atoms with Crippen molar-refractivity contribution in [3.63, 3.8) is 0 Å². The monoisotopic (exact) mass is 422 g/mol. The fourth-order valence-corrected chi connectivity index (χ4v) is 2.97. The van der Waals surface area contributed by atoms with Crippen molar-refractivity contribution in [1.29, 1.82) is 0 Å². The number of aromatic nitrogens is 4. The highest BCUT2D eigenvalue weighted by molar-refractivity contribution is 14.1. The second-order valence-electron chi connectivity index (χ2n) is 4.83. The number of nitrogen functional groups attached to an aromatic ring is 1. The molecule has 0 saturated carbocycles. The Balaban J connectivity index is 2.18. The minimum atomic E-state index is -1.24. The van der Waals surface area contributed by atoms with Gasteiger partial charge in [0.15, 0.2) is 27.0 Å². The summed E-state index contributed by atoms with van der Waals surface area (Å²) in [7, 11) is 1.65. The van der Waals surface area contributed by atoms with Gasteiger partial charge in [-0.05, 0) is 0 Å². The molecule has 3 heterocycles. The van der Waals surface area contributed by atoms with Crippen LogP contribution in [0.3, 0.4) is 0 Å². The molecule has 0 aromatic carbocycles. The van der Waals surface area contributed by atoms with E-state index in [0.717, 1.165) is 0 Å². The number of nitrogens with zero attached hydrogens (tertiary/aromatic N) is 4. The Bertz CT molecular complexity index is 709. The molecule has 10 nitrogen and oxygen atoms in total. The molecule has 0 spiro atoms. The van der Waals surface area contributed by atoms with E-state index in [1.165, 1.54) is 4.57 Å². The molecule has 0 radical (unpaired) electrons. The lowest BCUT2D eigenvalue weighted by Gasteiger charge is -2.19. The van der Waals surface area contributed by atoms with Gasteiger partial charge in [0.05, 0.1) is 6.61 Å². The number of aliphatic hydroxyl groups excluding tert-OH is 3. The number of hydrogen-bond donors (Lipinski definition) is 5. The molecule has 0 aliphatic carbocycles. The summed E-state index contributed by atoms with van der Waals surface area (Å²) in [6, 6.07) is 0. The largest absolute Gasteiger partial charge is 0.394 e. The van der Waals surface area contributed by atoms with Crippen LogP contribution in [0.25, 0.3) is 11.2 Å². The highest BCUT2D eigenvalue weighted by atomic mass is 127. The molecule has 120 valence electrons. The van der Waals surface area contributed by atoms with Crippen molar-refractivity contribution < 1.29 is 20.1 Å². The zero-order valence-electron chi connectivity index (χ0n) is 11.5. The Morgan fingerprint density at radius 2 is 2.05 bits per heavy atom. The lowest BCUT2D eigenvalue weighted by Crippen LogP contribution is -2.33. The summed E-state index contributed by atoms with van der Waals surface area (Å²) in [5.41, 5.74) is 6.59. The maximum atomic E-state index is 10.2. The number of nitrogens with two attached hydrogens (primary N) is 1. The number of fused-ring (bicyclic) bond motifs is 1. The van der Waals surface area contributed by atoms with E-state index < -0.39 is 31.1 Å². The maximum absolute atomic E-state index is 10.2. The highest BCUT2D eigenvalue weighted by Gasteiger charge is 2.45. The van der Waals surface area contributed by atoms with Crippen LogP contribution in [-0.4, -0.2) is 66.8 Å². The minimum absolute atomic E-state index is 0.205. The summed E-state index contributed by atoms with van der Waals surface area (Å²) >= 11 is 1.92. The molecule has 3 rings (SSSR count). The van der Waals surface area contributed by atoms with Gasteiger partial charge in [-0.2, -0.15) is 0 Å². The van der Waals surface area contributed by atoms with Crippen LogP contribution in [0, 0.1) is 3.83 Å². The third-order valence-corrected chi connectivity index (χ3v) is 4.02. The molecular formula is C11H15IN6O4. The minimum Gasteiger partial charge on any atom is -0.394 e. The maximum Gasteiger partial charge on any atom is 0.207 e. The van der Waals surface area contributed by atoms with Crippen molar-refractivity contribution in [2.75, 3.05) is 24.7 Å². The fraction of sp³-hybridized carbons (Fsp3) is 0.545. The number of nitrogens with one attached hydrogen (secondary N) is 1. The predicted molar refractivity (Wildman–Crippen MR) is 85.0 cm³/mol. The fourth-order valence-electron chi connectivity index (χ4n) is 2.48. The zero-order chi connectivity index (χ0) is 16.0. The molecule has 1 aliphatic rings. The molecule has 0 unspecified atom stereocenters. The third kappa shape index (κ3) is 2.28. The number of hydrogen-bond acceptors (Lipinski definition) is 9. The highest BCUT2D eigenvalue weighted by Crippen LogP contribution is 2.35. The molecule has 4 atom stereocenters. The van der Waals surface area contributed by atoms with Crippen LogP contribution in [-0.2, 0) is 4.74 Å². The summed E-state index contributed by atoms with van der Waals surface area (Å²) in [5.74, 6) is 0.559. The predicted octanol–water partition coefficient (Wildman–Crippen LogP) is -1.33. The van der Waals surface area contributed by atoms with Gasteiger partial charge in [-0.25, -0.2) is 15.0 Å². The van der Waals surface area contributed by atoms with Gasteiger partial charge in [0, 0.05) is 29.6 Å². The second kappa shape index (κ2) is 5.73. The van der Waals surface area contributed by atoms with E-state index in [0.29, 0.717) is 20.9 Å². The van der Waals surface area contributed by atoms with E-state index >= 15 is 0 Å². The molecule has 2 aromatic rings. The summed E-state index contributed by atoms with van der Waals surface area (Å²) in [6.45, 7) is -0.412. The third-order valence-electron chi connectivity index (χ3n) is 3.53. The Morgan fingerprint density at radius 3 is 2.64 bits per heavy atom. The first-order valence-electron chi connectivity index (χ1n) is 6.49. The second-order valence-corrected chi connectivity index (χ2v) is 5.80. The first kappa shape index (κ1) is 15.6. The van der Waals surface area contributed by atoms with Gasteiger partial charge >= 0.3 is 0 Å². The van der Waals surface area contributed by atoms with Gasteiger partial charge in [0.25, 0.3) is 0 Å².